The predicted molar refractivity (Wildman–Crippen MR) is 79.1 cm³/mol. The Balaban J connectivity index is 2.11. The SMILES string of the molecule is O=CN1CCC(CNC(=O)c2cc(C(F)(F)F)cc(C(F)(F)F)c2)CC1. The van der Waals surface area contributed by atoms with E-state index in [4.69, 9.17) is 0 Å². The third kappa shape index (κ3) is 5.12. The van der Waals surface area contributed by atoms with E-state index >= 15 is 0 Å². The molecule has 0 unspecified atom stereocenters. The van der Waals surface area contributed by atoms with Gasteiger partial charge in [-0.05, 0) is 37.0 Å². The summed E-state index contributed by atoms with van der Waals surface area (Å²) in [7, 11) is 0. The van der Waals surface area contributed by atoms with E-state index in [0.29, 0.717) is 44.5 Å². The minimum Gasteiger partial charge on any atom is -0.352 e. The lowest BCUT2D eigenvalue weighted by Gasteiger charge is -2.29. The second kappa shape index (κ2) is 7.55. The molecule has 1 aromatic carbocycles. The molecule has 1 heterocycles. The predicted octanol–water partition coefficient (Wildman–Crippen LogP) is 3.32. The molecule has 0 aromatic heterocycles. The van der Waals surface area contributed by atoms with E-state index in [1.807, 2.05) is 0 Å². The van der Waals surface area contributed by atoms with Gasteiger partial charge in [0.1, 0.15) is 0 Å². The summed E-state index contributed by atoms with van der Waals surface area (Å²) in [5.74, 6) is -0.998. The number of halogens is 6. The topological polar surface area (TPSA) is 49.4 Å². The fraction of sp³-hybridized carbons (Fsp3) is 0.500. The molecular weight excluding hydrogens is 366 g/mol. The van der Waals surface area contributed by atoms with Gasteiger partial charge in [-0.1, -0.05) is 0 Å². The molecule has 1 fully saturated rings. The highest BCUT2D eigenvalue weighted by Gasteiger charge is 2.37. The van der Waals surface area contributed by atoms with Gasteiger partial charge in [0, 0.05) is 25.2 Å². The quantitative estimate of drug-likeness (QED) is 0.642. The van der Waals surface area contributed by atoms with Gasteiger partial charge in [0.15, 0.2) is 0 Å². The largest absolute Gasteiger partial charge is 0.416 e. The van der Waals surface area contributed by atoms with Gasteiger partial charge in [0.25, 0.3) is 5.91 Å². The van der Waals surface area contributed by atoms with Crippen LogP contribution in [0.3, 0.4) is 0 Å². The zero-order chi connectivity index (χ0) is 19.5. The number of carbonyl (C=O) groups excluding carboxylic acids is 2. The van der Waals surface area contributed by atoms with Gasteiger partial charge in [-0.2, -0.15) is 26.3 Å². The Labute approximate surface area is 145 Å². The van der Waals surface area contributed by atoms with Gasteiger partial charge >= 0.3 is 12.4 Å². The summed E-state index contributed by atoms with van der Waals surface area (Å²) in [6.07, 6.45) is -8.11. The first-order valence-electron chi connectivity index (χ1n) is 7.77. The molecule has 144 valence electrons. The number of piperidine rings is 1. The molecule has 0 spiro atoms. The molecule has 0 bridgehead atoms. The van der Waals surface area contributed by atoms with Crippen molar-refractivity contribution in [3.63, 3.8) is 0 Å². The minimum atomic E-state index is -5.00. The average Bonchev–Trinajstić information content (AvgIpc) is 2.58. The van der Waals surface area contributed by atoms with Crippen LogP contribution in [0.2, 0.25) is 0 Å². The van der Waals surface area contributed by atoms with E-state index < -0.39 is 35.0 Å². The summed E-state index contributed by atoms with van der Waals surface area (Å²) in [4.78, 5) is 24.2. The standard InChI is InChI=1S/C16H16F6N2O2/c17-15(18,19)12-5-11(6-13(7-12)16(20,21)22)14(26)23-8-10-1-3-24(9-25)4-2-10/h5-7,9-10H,1-4,8H2,(H,23,26). The van der Waals surface area contributed by atoms with Crippen molar-refractivity contribution in [2.45, 2.75) is 25.2 Å². The molecule has 4 nitrogen and oxygen atoms in total. The maximum atomic E-state index is 12.8. The average molecular weight is 382 g/mol. The van der Waals surface area contributed by atoms with E-state index in [-0.39, 0.29) is 18.5 Å². The van der Waals surface area contributed by atoms with Crippen LogP contribution in [0.1, 0.15) is 34.3 Å². The molecule has 0 radical (unpaired) electrons. The molecule has 2 amide bonds. The monoisotopic (exact) mass is 382 g/mol. The van der Waals surface area contributed by atoms with Crippen LogP contribution in [0.5, 0.6) is 0 Å². The number of amides is 2. The van der Waals surface area contributed by atoms with Crippen LogP contribution in [0.25, 0.3) is 0 Å². The van der Waals surface area contributed by atoms with Crippen molar-refractivity contribution in [2.75, 3.05) is 19.6 Å². The molecule has 0 saturated carbocycles. The first-order valence-corrected chi connectivity index (χ1v) is 7.77. The fourth-order valence-electron chi connectivity index (χ4n) is 2.69. The third-order valence-corrected chi connectivity index (χ3v) is 4.20. The van der Waals surface area contributed by atoms with Crippen molar-refractivity contribution in [3.05, 3.63) is 34.9 Å². The maximum absolute atomic E-state index is 12.8. The van der Waals surface area contributed by atoms with Crippen LogP contribution < -0.4 is 5.32 Å². The molecule has 1 aliphatic rings. The molecule has 10 heteroatoms. The first-order chi connectivity index (χ1) is 12.0. The maximum Gasteiger partial charge on any atom is 0.416 e. The Morgan fingerprint density at radius 3 is 1.96 bits per heavy atom. The summed E-state index contributed by atoms with van der Waals surface area (Å²) in [6, 6.07) is 0.783. The van der Waals surface area contributed by atoms with Gasteiger partial charge in [0.05, 0.1) is 11.1 Å². The Morgan fingerprint density at radius 1 is 1.04 bits per heavy atom. The highest BCUT2D eigenvalue weighted by Crippen LogP contribution is 2.36. The van der Waals surface area contributed by atoms with Crippen molar-refractivity contribution >= 4 is 12.3 Å². The molecule has 1 saturated heterocycles. The zero-order valence-electron chi connectivity index (χ0n) is 13.5. The molecule has 1 aromatic rings. The lowest BCUT2D eigenvalue weighted by atomic mass is 9.97. The van der Waals surface area contributed by atoms with Crippen LogP contribution >= 0.6 is 0 Å². The van der Waals surface area contributed by atoms with Gasteiger partial charge < -0.3 is 10.2 Å². The Kier molecular flexibility index (Phi) is 5.82. The van der Waals surface area contributed by atoms with Gasteiger partial charge in [-0.15, -0.1) is 0 Å². The fourth-order valence-corrected chi connectivity index (χ4v) is 2.69. The summed E-state index contributed by atoms with van der Waals surface area (Å²) < 4.78 is 76.9. The summed E-state index contributed by atoms with van der Waals surface area (Å²) >= 11 is 0. The van der Waals surface area contributed by atoms with Crippen LogP contribution in [0, 0.1) is 5.92 Å². The molecular formula is C16H16F6N2O2. The van der Waals surface area contributed by atoms with Gasteiger partial charge in [0.2, 0.25) is 6.41 Å². The van der Waals surface area contributed by atoms with Crippen LogP contribution in [-0.2, 0) is 17.1 Å². The second-order valence-electron chi connectivity index (χ2n) is 6.09. The van der Waals surface area contributed by atoms with Gasteiger partial charge in [-0.25, -0.2) is 0 Å². The highest BCUT2D eigenvalue weighted by molar-refractivity contribution is 5.94. The van der Waals surface area contributed by atoms with Gasteiger partial charge in [-0.3, -0.25) is 9.59 Å². The number of hydrogen-bond acceptors (Lipinski definition) is 2. The van der Waals surface area contributed by atoms with E-state index in [1.165, 1.54) is 0 Å². The lowest BCUT2D eigenvalue weighted by Crippen LogP contribution is -2.38. The molecule has 1 aliphatic heterocycles. The van der Waals surface area contributed by atoms with Crippen molar-refractivity contribution in [1.29, 1.82) is 0 Å². The van der Waals surface area contributed by atoms with Crippen LogP contribution in [0.4, 0.5) is 26.3 Å². The lowest BCUT2D eigenvalue weighted by molar-refractivity contribution is -0.143. The molecule has 0 atom stereocenters. The Morgan fingerprint density at radius 2 is 1.54 bits per heavy atom. The summed E-state index contributed by atoms with van der Waals surface area (Å²) in [5, 5.41) is 2.38. The Bertz CT molecular complexity index is 631. The normalized spacial score (nSPS) is 16.5. The number of carbonyl (C=O) groups is 2. The molecule has 2 rings (SSSR count). The van der Waals surface area contributed by atoms with E-state index in [9.17, 15) is 35.9 Å². The Hall–Kier alpha value is -2.26. The number of nitrogens with zero attached hydrogens (tertiary/aromatic N) is 1. The molecule has 0 aliphatic carbocycles. The third-order valence-electron chi connectivity index (χ3n) is 4.20. The summed E-state index contributed by atoms with van der Waals surface area (Å²) in [5.41, 5.74) is -3.76. The van der Waals surface area contributed by atoms with E-state index in [2.05, 4.69) is 5.32 Å². The van der Waals surface area contributed by atoms with Crippen molar-refractivity contribution < 1.29 is 35.9 Å². The smallest absolute Gasteiger partial charge is 0.352 e. The minimum absolute atomic E-state index is 0.00281. The van der Waals surface area contributed by atoms with Crippen LogP contribution in [0.15, 0.2) is 18.2 Å². The number of alkyl halides is 6. The highest BCUT2D eigenvalue weighted by atomic mass is 19.4. The number of likely N-dealkylation sites (tertiary alicyclic amines) is 1. The van der Waals surface area contributed by atoms with E-state index in [1.54, 1.807) is 4.90 Å². The zero-order valence-corrected chi connectivity index (χ0v) is 13.5. The number of rotatable bonds is 4. The van der Waals surface area contributed by atoms with Crippen LogP contribution in [-0.4, -0.2) is 36.9 Å². The van der Waals surface area contributed by atoms with E-state index in [0.717, 1.165) is 0 Å². The van der Waals surface area contributed by atoms with Crippen molar-refractivity contribution in [2.24, 2.45) is 5.92 Å². The molecule has 1 N–H and O–H groups in total. The molecule has 26 heavy (non-hydrogen) atoms. The second-order valence-corrected chi connectivity index (χ2v) is 6.09. The first kappa shape index (κ1) is 20.1. The van der Waals surface area contributed by atoms with Crippen molar-refractivity contribution in [3.8, 4) is 0 Å². The number of hydrogen-bond donors (Lipinski definition) is 1. The van der Waals surface area contributed by atoms with Crippen molar-refractivity contribution in [1.82, 2.24) is 10.2 Å². The summed E-state index contributed by atoms with van der Waals surface area (Å²) in [6.45, 7) is 1.10. The number of benzene rings is 1. The number of nitrogens with one attached hydrogen (secondary N) is 1.